The molecule has 0 saturated heterocycles. The van der Waals surface area contributed by atoms with Gasteiger partial charge < -0.3 is 28.4 Å². The fraction of sp³-hybridized carbons (Fsp3) is 0.364. The molecule has 1 heterocycles. The molecule has 2 aromatic rings. The van der Waals surface area contributed by atoms with E-state index < -0.39 is 0 Å². The van der Waals surface area contributed by atoms with Gasteiger partial charge in [-0.3, -0.25) is 0 Å². The molecule has 0 atom stereocenters. The number of benzene rings is 2. The Kier molecular flexibility index (Phi) is 8.03. The van der Waals surface area contributed by atoms with Crippen LogP contribution in [0.3, 0.4) is 0 Å². The molecule has 0 fully saturated rings. The Hall–Kier alpha value is -2.70. The summed E-state index contributed by atoms with van der Waals surface area (Å²) >= 11 is 0. The molecular formula is C22H26O6. The van der Waals surface area contributed by atoms with Gasteiger partial charge in [-0.25, -0.2) is 0 Å². The molecule has 2 aromatic carbocycles. The number of hydrogen-bond acceptors (Lipinski definition) is 6. The zero-order chi connectivity index (χ0) is 19.4. The maximum absolute atomic E-state index is 5.95. The van der Waals surface area contributed by atoms with Crippen molar-refractivity contribution in [1.82, 2.24) is 0 Å². The van der Waals surface area contributed by atoms with Crippen LogP contribution in [0.15, 0.2) is 61.2 Å². The molecule has 0 amide bonds. The van der Waals surface area contributed by atoms with Crippen molar-refractivity contribution < 1.29 is 28.4 Å². The Labute approximate surface area is 165 Å². The van der Waals surface area contributed by atoms with E-state index in [1.807, 2.05) is 48.5 Å². The third-order valence-electron chi connectivity index (χ3n) is 3.97. The van der Waals surface area contributed by atoms with Crippen LogP contribution in [0.1, 0.15) is 0 Å². The van der Waals surface area contributed by atoms with Gasteiger partial charge in [0.2, 0.25) is 0 Å². The Morgan fingerprint density at radius 2 is 1.21 bits per heavy atom. The molecule has 1 aliphatic rings. The average molecular weight is 386 g/mol. The van der Waals surface area contributed by atoms with Gasteiger partial charge >= 0.3 is 0 Å². The molecule has 3 rings (SSSR count). The van der Waals surface area contributed by atoms with E-state index in [1.54, 1.807) is 6.08 Å². The van der Waals surface area contributed by atoms with Gasteiger partial charge in [-0.05, 0) is 24.3 Å². The molecule has 0 saturated carbocycles. The smallest absolute Gasteiger partial charge is 0.161 e. The lowest BCUT2D eigenvalue weighted by molar-refractivity contribution is 0.00378. The van der Waals surface area contributed by atoms with Crippen LogP contribution in [-0.4, -0.2) is 52.4 Å². The van der Waals surface area contributed by atoms with Crippen LogP contribution in [0.25, 0.3) is 0 Å². The lowest BCUT2D eigenvalue weighted by atomic mass is 10.3. The first kappa shape index (κ1) is 20.0. The van der Waals surface area contributed by atoms with Crippen LogP contribution in [0, 0.1) is 0 Å². The topological polar surface area (TPSA) is 55.4 Å². The predicted molar refractivity (Wildman–Crippen MR) is 106 cm³/mol. The van der Waals surface area contributed by atoms with Crippen molar-refractivity contribution >= 4 is 0 Å². The zero-order valence-electron chi connectivity index (χ0n) is 15.9. The van der Waals surface area contributed by atoms with E-state index in [2.05, 4.69) is 6.58 Å². The molecule has 6 heteroatoms. The summed E-state index contributed by atoms with van der Waals surface area (Å²) in [7, 11) is 0. The van der Waals surface area contributed by atoms with E-state index in [9.17, 15) is 0 Å². The number of rotatable bonds is 3. The van der Waals surface area contributed by atoms with Crippen LogP contribution < -0.4 is 18.9 Å². The minimum atomic E-state index is -0.282. The van der Waals surface area contributed by atoms with E-state index in [4.69, 9.17) is 28.4 Å². The third-order valence-corrected chi connectivity index (χ3v) is 3.97. The Morgan fingerprint density at radius 3 is 1.68 bits per heavy atom. The fourth-order valence-electron chi connectivity index (χ4n) is 2.61. The molecule has 0 bridgehead atoms. The van der Waals surface area contributed by atoms with Crippen molar-refractivity contribution in [2.24, 2.45) is 0 Å². The van der Waals surface area contributed by atoms with Crippen molar-refractivity contribution in [3.8, 4) is 23.0 Å². The van der Waals surface area contributed by atoms with Crippen molar-refractivity contribution in [3.63, 3.8) is 0 Å². The quantitative estimate of drug-likeness (QED) is 0.753. The van der Waals surface area contributed by atoms with E-state index >= 15 is 0 Å². The monoisotopic (exact) mass is 386 g/mol. The van der Waals surface area contributed by atoms with Gasteiger partial charge in [-0.2, -0.15) is 0 Å². The zero-order valence-corrected chi connectivity index (χ0v) is 15.9. The van der Waals surface area contributed by atoms with Gasteiger partial charge in [0.15, 0.2) is 23.0 Å². The normalized spacial score (nSPS) is 16.3. The maximum Gasteiger partial charge on any atom is 0.161 e. The van der Waals surface area contributed by atoms with Crippen molar-refractivity contribution in [2.75, 3.05) is 46.2 Å². The first-order valence-corrected chi connectivity index (χ1v) is 9.36. The highest BCUT2D eigenvalue weighted by Crippen LogP contribution is 2.28. The van der Waals surface area contributed by atoms with Gasteiger partial charge in [-0.15, -0.1) is 6.58 Å². The molecule has 0 unspecified atom stereocenters. The van der Waals surface area contributed by atoms with Gasteiger partial charge in [-0.1, -0.05) is 30.3 Å². The van der Waals surface area contributed by atoms with Crippen LogP contribution in [0.2, 0.25) is 0 Å². The highest BCUT2D eigenvalue weighted by atomic mass is 16.6. The first-order valence-electron chi connectivity index (χ1n) is 9.36. The van der Waals surface area contributed by atoms with Crippen molar-refractivity contribution in [2.45, 2.75) is 6.10 Å². The Morgan fingerprint density at radius 1 is 0.750 bits per heavy atom. The molecule has 0 N–H and O–H groups in total. The minimum absolute atomic E-state index is 0.282. The van der Waals surface area contributed by atoms with Gasteiger partial charge in [0.25, 0.3) is 0 Å². The summed E-state index contributed by atoms with van der Waals surface area (Å²) < 4.78 is 34.8. The molecular weight excluding hydrogens is 360 g/mol. The molecule has 150 valence electrons. The molecule has 6 nitrogen and oxygen atoms in total. The van der Waals surface area contributed by atoms with Gasteiger partial charge in [0.05, 0.1) is 19.8 Å². The summed E-state index contributed by atoms with van der Waals surface area (Å²) in [6, 6.07) is 15.1. The van der Waals surface area contributed by atoms with Crippen LogP contribution in [0.4, 0.5) is 0 Å². The standard InChI is InChI=1S/C22H26O6/c1-2-11-24-18-16-27-21-9-5-3-7-19(21)25-14-12-23-13-15-26-20-8-4-6-10-22(20)28-17-18/h2-10,18H,1,11-17H2. The Bertz CT molecular complexity index is 677. The highest BCUT2D eigenvalue weighted by Gasteiger charge is 2.15. The summed E-state index contributed by atoms with van der Waals surface area (Å²) in [5.74, 6) is 2.66. The largest absolute Gasteiger partial charge is 0.487 e. The van der Waals surface area contributed by atoms with E-state index in [0.29, 0.717) is 69.2 Å². The summed E-state index contributed by atoms with van der Waals surface area (Å²) in [6.45, 7) is 6.51. The SMILES string of the molecule is C=CCOC1COc2ccccc2OCCOCCOc2ccccc2OC1. The Balaban J connectivity index is 1.73. The molecule has 0 aromatic heterocycles. The van der Waals surface area contributed by atoms with Gasteiger partial charge in [0, 0.05) is 0 Å². The van der Waals surface area contributed by atoms with E-state index in [0.717, 1.165) is 0 Å². The second-order valence-corrected chi connectivity index (χ2v) is 6.07. The fourth-order valence-corrected chi connectivity index (χ4v) is 2.61. The second-order valence-electron chi connectivity index (χ2n) is 6.07. The van der Waals surface area contributed by atoms with Crippen molar-refractivity contribution in [3.05, 3.63) is 61.2 Å². The molecule has 28 heavy (non-hydrogen) atoms. The number of ether oxygens (including phenoxy) is 6. The maximum atomic E-state index is 5.95. The summed E-state index contributed by atoms with van der Waals surface area (Å²) in [4.78, 5) is 0. The summed E-state index contributed by atoms with van der Waals surface area (Å²) in [5, 5.41) is 0. The molecule has 0 aliphatic carbocycles. The molecule has 0 spiro atoms. The second kappa shape index (κ2) is 11.2. The van der Waals surface area contributed by atoms with Crippen LogP contribution >= 0.6 is 0 Å². The lowest BCUT2D eigenvalue weighted by Gasteiger charge is -2.21. The van der Waals surface area contributed by atoms with Gasteiger partial charge in [0.1, 0.15) is 32.5 Å². The number of hydrogen-bond donors (Lipinski definition) is 0. The molecule has 0 radical (unpaired) electrons. The predicted octanol–water partition coefficient (Wildman–Crippen LogP) is 3.50. The minimum Gasteiger partial charge on any atom is -0.487 e. The van der Waals surface area contributed by atoms with Crippen molar-refractivity contribution in [1.29, 1.82) is 0 Å². The number of fused-ring (bicyclic) bond motifs is 2. The summed E-state index contributed by atoms with van der Waals surface area (Å²) in [6.07, 6.45) is 1.42. The highest BCUT2D eigenvalue weighted by molar-refractivity contribution is 5.40. The first-order chi connectivity index (χ1) is 13.9. The average Bonchev–Trinajstić information content (AvgIpc) is 2.73. The summed E-state index contributed by atoms with van der Waals surface area (Å²) in [5.41, 5.74) is 0. The van der Waals surface area contributed by atoms with E-state index in [-0.39, 0.29) is 6.10 Å². The third kappa shape index (κ3) is 6.18. The van der Waals surface area contributed by atoms with Crippen LogP contribution in [0.5, 0.6) is 23.0 Å². The lowest BCUT2D eigenvalue weighted by Crippen LogP contribution is -2.29. The molecule has 1 aliphatic heterocycles. The van der Waals surface area contributed by atoms with E-state index in [1.165, 1.54) is 0 Å². The number of para-hydroxylation sites is 4. The van der Waals surface area contributed by atoms with Crippen LogP contribution in [-0.2, 0) is 9.47 Å².